The predicted octanol–water partition coefficient (Wildman–Crippen LogP) is 5.89. The molecule has 2 amide bonds. The van der Waals surface area contributed by atoms with Crippen LogP contribution in [0.25, 0.3) is 16.8 Å². The summed E-state index contributed by atoms with van der Waals surface area (Å²) >= 11 is 0. The van der Waals surface area contributed by atoms with Gasteiger partial charge in [0.25, 0.3) is 11.8 Å². The number of nitrogens with one attached hydrogen (secondary N) is 2. The van der Waals surface area contributed by atoms with Gasteiger partial charge >= 0.3 is 0 Å². The highest BCUT2D eigenvalue weighted by Gasteiger charge is 2.18. The Labute approximate surface area is 205 Å². The van der Waals surface area contributed by atoms with E-state index in [-0.39, 0.29) is 23.6 Å². The molecular formula is C30H28N2O3. The van der Waals surface area contributed by atoms with Gasteiger partial charge in [-0.15, -0.1) is 0 Å². The molecule has 35 heavy (non-hydrogen) atoms. The summed E-state index contributed by atoms with van der Waals surface area (Å²) in [6.07, 6.45) is 1.71. The standard InChI is InChI=1S/C30H28N2O3/c1-3-35-28-19-18-24(25-16-10-11-17-26(25)28)20-27(32-29(33)23-14-8-5-9-15-23)30(34)31-21(2)22-12-6-4-7-13-22/h4-21H,3H2,1-2H3,(H,31,34)(H,32,33)/b27-20+. The lowest BCUT2D eigenvalue weighted by atomic mass is 10.0. The van der Waals surface area contributed by atoms with E-state index in [4.69, 9.17) is 4.74 Å². The summed E-state index contributed by atoms with van der Waals surface area (Å²) in [5.74, 6) is 0.0514. The number of fused-ring (bicyclic) bond motifs is 1. The fourth-order valence-corrected chi connectivity index (χ4v) is 3.90. The van der Waals surface area contributed by atoms with Crippen LogP contribution < -0.4 is 15.4 Å². The summed E-state index contributed by atoms with van der Waals surface area (Å²) < 4.78 is 5.78. The van der Waals surface area contributed by atoms with E-state index in [0.717, 1.165) is 27.6 Å². The van der Waals surface area contributed by atoms with Crippen LogP contribution in [0.5, 0.6) is 5.75 Å². The van der Waals surface area contributed by atoms with Gasteiger partial charge in [0, 0.05) is 10.9 Å². The van der Waals surface area contributed by atoms with Crippen LogP contribution in [0.2, 0.25) is 0 Å². The zero-order valence-electron chi connectivity index (χ0n) is 19.8. The Morgan fingerprint density at radius 2 is 1.46 bits per heavy atom. The van der Waals surface area contributed by atoms with Gasteiger partial charge in [0.05, 0.1) is 12.6 Å². The van der Waals surface area contributed by atoms with Crippen molar-refractivity contribution < 1.29 is 14.3 Å². The molecule has 0 aliphatic rings. The molecule has 0 spiro atoms. The molecule has 5 heteroatoms. The van der Waals surface area contributed by atoms with Gasteiger partial charge in [0.2, 0.25) is 0 Å². The van der Waals surface area contributed by atoms with Crippen LogP contribution in [0.15, 0.2) is 103 Å². The molecule has 0 bridgehead atoms. The van der Waals surface area contributed by atoms with Crippen LogP contribution >= 0.6 is 0 Å². The third-order valence-corrected chi connectivity index (χ3v) is 5.69. The van der Waals surface area contributed by atoms with Crippen molar-refractivity contribution in [2.75, 3.05) is 6.61 Å². The van der Waals surface area contributed by atoms with E-state index in [1.807, 2.05) is 86.6 Å². The maximum atomic E-state index is 13.4. The van der Waals surface area contributed by atoms with E-state index in [2.05, 4.69) is 10.6 Å². The van der Waals surface area contributed by atoms with Gasteiger partial charge in [0.1, 0.15) is 11.4 Å². The predicted molar refractivity (Wildman–Crippen MR) is 140 cm³/mol. The molecule has 0 aromatic heterocycles. The van der Waals surface area contributed by atoms with Crippen LogP contribution in [-0.2, 0) is 4.79 Å². The first-order chi connectivity index (χ1) is 17.1. The van der Waals surface area contributed by atoms with Crippen LogP contribution in [0.1, 0.15) is 41.4 Å². The van der Waals surface area contributed by atoms with Crippen LogP contribution in [0.3, 0.4) is 0 Å². The summed E-state index contributed by atoms with van der Waals surface area (Å²) in [7, 11) is 0. The molecule has 2 N–H and O–H groups in total. The van der Waals surface area contributed by atoms with Crippen LogP contribution in [0, 0.1) is 0 Å². The van der Waals surface area contributed by atoms with E-state index in [1.54, 1.807) is 30.3 Å². The summed E-state index contributed by atoms with van der Waals surface area (Å²) in [4.78, 5) is 26.3. The third kappa shape index (κ3) is 5.76. The van der Waals surface area contributed by atoms with Crippen molar-refractivity contribution in [2.45, 2.75) is 19.9 Å². The molecule has 5 nitrogen and oxygen atoms in total. The van der Waals surface area contributed by atoms with Gasteiger partial charge < -0.3 is 15.4 Å². The Bertz CT molecular complexity index is 1350. The molecule has 0 aliphatic carbocycles. The number of benzene rings is 4. The third-order valence-electron chi connectivity index (χ3n) is 5.69. The maximum Gasteiger partial charge on any atom is 0.268 e. The highest BCUT2D eigenvalue weighted by Crippen LogP contribution is 2.30. The Morgan fingerprint density at radius 3 is 2.14 bits per heavy atom. The van der Waals surface area contributed by atoms with Crippen molar-refractivity contribution in [3.8, 4) is 5.75 Å². The molecular weight excluding hydrogens is 436 g/mol. The van der Waals surface area contributed by atoms with Gasteiger partial charge in [-0.05, 0) is 54.6 Å². The SMILES string of the molecule is CCOc1ccc(/C=C(/NC(=O)c2ccccc2)C(=O)NC(C)c2ccccc2)c2ccccc12. The highest BCUT2D eigenvalue weighted by atomic mass is 16.5. The number of carbonyl (C=O) groups excluding carboxylic acids is 2. The second kappa shape index (κ2) is 11.2. The topological polar surface area (TPSA) is 67.4 Å². The zero-order chi connectivity index (χ0) is 24.6. The largest absolute Gasteiger partial charge is 0.493 e. The molecule has 4 aromatic carbocycles. The number of amides is 2. The second-order valence-corrected chi connectivity index (χ2v) is 8.12. The van der Waals surface area contributed by atoms with Crippen molar-refractivity contribution in [3.63, 3.8) is 0 Å². The number of ether oxygens (including phenoxy) is 1. The Balaban J connectivity index is 1.72. The van der Waals surface area contributed by atoms with Crippen LogP contribution in [0.4, 0.5) is 0 Å². The summed E-state index contributed by atoms with van der Waals surface area (Å²) in [6, 6.07) is 29.9. The van der Waals surface area contributed by atoms with Gasteiger partial charge in [-0.3, -0.25) is 9.59 Å². The van der Waals surface area contributed by atoms with Gasteiger partial charge in [-0.1, -0.05) is 78.9 Å². The van der Waals surface area contributed by atoms with E-state index < -0.39 is 0 Å². The first kappa shape index (κ1) is 23.8. The number of hydrogen-bond acceptors (Lipinski definition) is 3. The average molecular weight is 465 g/mol. The fraction of sp³-hybridized carbons (Fsp3) is 0.133. The molecule has 0 saturated carbocycles. The number of carbonyl (C=O) groups is 2. The Kier molecular flexibility index (Phi) is 7.58. The number of rotatable bonds is 8. The fourth-order valence-electron chi connectivity index (χ4n) is 3.90. The van der Waals surface area contributed by atoms with Crippen molar-refractivity contribution in [1.29, 1.82) is 0 Å². The first-order valence-corrected chi connectivity index (χ1v) is 11.6. The molecule has 0 saturated heterocycles. The highest BCUT2D eigenvalue weighted by molar-refractivity contribution is 6.07. The minimum Gasteiger partial charge on any atom is -0.493 e. The summed E-state index contributed by atoms with van der Waals surface area (Å²) in [5.41, 5.74) is 2.41. The molecule has 1 unspecified atom stereocenters. The van der Waals surface area contributed by atoms with Crippen LogP contribution in [-0.4, -0.2) is 18.4 Å². The van der Waals surface area contributed by atoms with Crippen molar-refractivity contribution in [1.82, 2.24) is 10.6 Å². The molecule has 0 fully saturated rings. The van der Waals surface area contributed by atoms with Gasteiger partial charge in [-0.2, -0.15) is 0 Å². The molecule has 0 aliphatic heterocycles. The maximum absolute atomic E-state index is 13.4. The summed E-state index contributed by atoms with van der Waals surface area (Å²) in [5, 5.41) is 7.69. The molecule has 0 heterocycles. The van der Waals surface area contributed by atoms with E-state index in [9.17, 15) is 9.59 Å². The van der Waals surface area contributed by atoms with E-state index in [1.165, 1.54) is 0 Å². The molecule has 0 radical (unpaired) electrons. The lowest BCUT2D eigenvalue weighted by Crippen LogP contribution is -2.36. The monoisotopic (exact) mass is 464 g/mol. The lowest BCUT2D eigenvalue weighted by molar-refractivity contribution is -0.118. The lowest BCUT2D eigenvalue weighted by Gasteiger charge is -2.17. The summed E-state index contributed by atoms with van der Waals surface area (Å²) in [6.45, 7) is 4.41. The quantitative estimate of drug-likeness (QED) is 0.320. The number of hydrogen-bond donors (Lipinski definition) is 2. The normalized spacial score (nSPS) is 12.1. The second-order valence-electron chi connectivity index (χ2n) is 8.12. The minimum absolute atomic E-state index is 0.163. The van der Waals surface area contributed by atoms with E-state index >= 15 is 0 Å². The zero-order valence-corrected chi connectivity index (χ0v) is 19.8. The average Bonchev–Trinajstić information content (AvgIpc) is 2.90. The van der Waals surface area contributed by atoms with Crippen molar-refractivity contribution >= 4 is 28.7 Å². The first-order valence-electron chi connectivity index (χ1n) is 11.6. The Morgan fingerprint density at radius 1 is 0.829 bits per heavy atom. The van der Waals surface area contributed by atoms with Gasteiger partial charge in [-0.25, -0.2) is 0 Å². The smallest absolute Gasteiger partial charge is 0.268 e. The molecule has 4 aromatic rings. The minimum atomic E-state index is -0.372. The van der Waals surface area contributed by atoms with Crippen molar-refractivity contribution in [3.05, 3.63) is 119 Å². The molecule has 4 rings (SSSR count). The van der Waals surface area contributed by atoms with E-state index in [0.29, 0.717) is 12.2 Å². The van der Waals surface area contributed by atoms with Gasteiger partial charge in [0.15, 0.2) is 0 Å². The van der Waals surface area contributed by atoms with Crippen molar-refractivity contribution in [2.24, 2.45) is 0 Å². The Hall–Kier alpha value is -4.38. The molecule has 1 atom stereocenters. The molecule has 176 valence electrons.